The normalized spacial score (nSPS) is 10.3. The van der Waals surface area contributed by atoms with Crippen molar-refractivity contribution in [1.82, 2.24) is 0 Å². The van der Waals surface area contributed by atoms with E-state index in [-0.39, 0.29) is 11.4 Å². The van der Waals surface area contributed by atoms with Gasteiger partial charge in [0.2, 0.25) is 5.75 Å². The van der Waals surface area contributed by atoms with Crippen molar-refractivity contribution in [2.24, 2.45) is 0 Å². The van der Waals surface area contributed by atoms with Crippen LogP contribution in [0, 0.1) is 45.4 Å². The fourth-order valence-corrected chi connectivity index (χ4v) is 3.67. The van der Waals surface area contributed by atoms with E-state index in [0.29, 0.717) is 17.0 Å². The van der Waals surface area contributed by atoms with Gasteiger partial charge in [-0.1, -0.05) is 15.9 Å². The molecule has 0 bridgehead atoms. The Morgan fingerprint density at radius 2 is 1.55 bits per heavy atom. The minimum Gasteiger partial charge on any atom is -0.449 e. The number of nitrogens with zero attached hydrogens (tertiary/aromatic N) is 3. The van der Waals surface area contributed by atoms with Crippen molar-refractivity contribution >= 4 is 38.7 Å². The Morgan fingerprint density at radius 1 is 0.968 bits per heavy atom. The van der Waals surface area contributed by atoms with Crippen LogP contribution in [-0.2, 0) is 0 Å². The van der Waals surface area contributed by atoms with Gasteiger partial charge in [0.15, 0.2) is 0 Å². The summed E-state index contributed by atoms with van der Waals surface area (Å²) in [5, 5.41) is 34.9. The summed E-state index contributed by atoms with van der Waals surface area (Å²) in [6.45, 7) is 3.58. The number of rotatable bonds is 6. The van der Waals surface area contributed by atoms with Gasteiger partial charge in [0.05, 0.1) is 21.5 Å². The maximum absolute atomic E-state index is 11.6. The SMILES string of the molecule is Cc1cc(Br)cc(C)c1Oc1cc(Nc2ccc(C#N)cc2)c([N+](=O)[O-])cc1[N+](=O)[O-]. The van der Waals surface area contributed by atoms with Gasteiger partial charge in [-0.2, -0.15) is 5.26 Å². The zero-order chi connectivity index (χ0) is 22.7. The third kappa shape index (κ3) is 4.79. The van der Waals surface area contributed by atoms with Crippen molar-refractivity contribution in [3.05, 3.63) is 89.9 Å². The summed E-state index contributed by atoms with van der Waals surface area (Å²) in [5.41, 5.74) is 1.38. The molecular weight excluding hydrogens is 468 g/mol. The first-order valence-electron chi connectivity index (χ1n) is 8.88. The van der Waals surface area contributed by atoms with Gasteiger partial charge in [-0.25, -0.2) is 0 Å². The third-order valence-electron chi connectivity index (χ3n) is 4.40. The standard InChI is InChI=1S/C21H15BrN4O5/c1-12-7-15(22)8-13(2)21(12)31-20-9-17(18(25(27)28)10-19(20)26(29)30)24-16-5-3-14(11-23)4-6-16/h3-10,24H,1-2H3. The Hall–Kier alpha value is -3.97. The molecule has 31 heavy (non-hydrogen) atoms. The lowest BCUT2D eigenvalue weighted by atomic mass is 10.1. The Morgan fingerprint density at radius 3 is 2.06 bits per heavy atom. The Balaban J connectivity index is 2.11. The number of ether oxygens (including phenoxy) is 1. The topological polar surface area (TPSA) is 131 Å². The molecule has 0 aliphatic rings. The lowest BCUT2D eigenvalue weighted by molar-refractivity contribution is -0.394. The Kier molecular flexibility index (Phi) is 6.17. The molecule has 0 amide bonds. The maximum atomic E-state index is 11.6. The summed E-state index contributed by atoms with van der Waals surface area (Å²) in [6, 6.07) is 13.9. The number of anilines is 2. The van der Waals surface area contributed by atoms with Crippen molar-refractivity contribution < 1.29 is 14.6 Å². The summed E-state index contributed by atoms with van der Waals surface area (Å²) < 4.78 is 6.70. The molecule has 156 valence electrons. The molecule has 0 aliphatic heterocycles. The number of halogens is 1. The molecule has 0 aliphatic carbocycles. The van der Waals surface area contributed by atoms with Crippen LogP contribution < -0.4 is 10.1 Å². The van der Waals surface area contributed by atoms with Crippen LogP contribution in [0.1, 0.15) is 16.7 Å². The fraction of sp³-hybridized carbons (Fsp3) is 0.0952. The van der Waals surface area contributed by atoms with Gasteiger partial charge < -0.3 is 10.1 Å². The molecule has 0 unspecified atom stereocenters. The number of nitro groups is 2. The second-order valence-corrected chi connectivity index (χ2v) is 7.55. The number of nitro benzene ring substituents is 2. The van der Waals surface area contributed by atoms with Crippen molar-refractivity contribution in [1.29, 1.82) is 5.26 Å². The lowest BCUT2D eigenvalue weighted by Gasteiger charge is -2.14. The van der Waals surface area contributed by atoms with Gasteiger partial charge in [-0.05, 0) is 61.4 Å². The molecule has 1 N–H and O–H groups in total. The molecule has 3 aromatic rings. The number of nitrogens with one attached hydrogen (secondary N) is 1. The highest BCUT2D eigenvalue weighted by molar-refractivity contribution is 9.10. The molecule has 3 rings (SSSR count). The largest absolute Gasteiger partial charge is 0.449 e. The highest BCUT2D eigenvalue weighted by Gasteiger charge is 2.27. The number of aryl methyl sites for hydroxylation is 2. The van der Waals surface area contributed by atoms with Crippen LogP contribution in [0.5, 0.6) is 11.5 Å². The summed E-state index contributed by atoms with van der Waals surface area (Å²) in [7, 11) is 0. The molecule has 0 saturated carbocycles. The third-order valence-corrected chi connectivity index (χ3v) is 4.86. The van der Waals surface area contributed by atoms with Gasteiger partial charge in [0.25, 0.3) is 5.69 Å². The van der Waals surface area contributed by atoms with Crippen LogP contribution in [0.15, 0.2) is 53.0 Å². The van der Waals surface area contributed by atoms with Crippen LogP contribution in [0.3, 0.4) is 0 Å². The van der Waals surface area contributed by atoms with E-state index >= 15 is 0 Å². The zero-order valence-corrected chi connectivity index (χ0v) is 18.0. The van der Waals surface area contributed by atoms with Crippen molar-refractivity contribution in [2.45, 2.75) is 13.8 Å². The van der Waals surface area contributed by atoms with Gasteiger partial charge in [-0.15, -0.1) is 0 Å². The van der Waals surface area contributed by atoms with E-state index in [1.807, 2.05) is 6.07 Å². The minimum atomic E-state index is -0.725. The molecule has 9 nitrogen and oxygen atoms in total. The van der Waals surface area contributed by atoms with Crippen LogP contribution in [0.4, 0.5) is 22.7 Å². The molecule has 3 aromatic carbocycles. The second kappa shape index (κ2) is 8.81. The Labute approximate surface area is 185 Å². The van der Waals surface area contributed by atoms with Crippen molar-refractivity contribution in [3.8, 4) is 17.6 Å². The predicted molar refractivity (Wildman–Crippen MR) is 118 cm³/mol. The van der Waals surface area contributed by atoms with Crippen molar-refractivity contribution in [2.75, 3.05) is 5.32 Å². The van der Waals surface area contributed by atoms with Crippen LogP contribution >= 0.6 is 15.9 Å². The minimum absolute atomic E-state index is 0.0164. The summed E-state index contributed by atoms with van der Waals surface area (Å²) in [4.78, 5) is 21.7. The quantitative estimate of drug-likeness (QED) is 0.322. The number of nitriles is 1. The molecule has 0 atom stereocenters. The summed E-state index contributed by atoms with van der Waals surface area (Å²) in [5.74, 6) is 0.282. The number of hydrogen-bond donors (Lipinski definition) is 1. The molecule has 0 spiro atoms. The number of benzene rings is 3. The fourth-order valence-electron chi connectivity index (χ4n) is 2.98. The van der Waals surface area contributed by atoms with Crippen LogP contribution in [0.2, 0.25) is 0 Å². The van der Waals surface area contributed by atoms with Gasteiger partial charge >= 0.3 is 5.69 Å². The average molecular weight is 483 g/mol. The van der Waals surface area contributed by atoms with Gasteiger partial charge in [0, 0.05) is 16.2 Å². The average Bonchev–Trinajstić information content (AvgIpc) is 2.70. The van der Waals surface area contributed by atoms with Crippen LogP contribution in [-0.4, -0.2) is 9.85 Å². The molecule has 0 fully saturated rings. The summed E-state index contributed by atoms with van der Waals surface area (Å²) >= 11 is 3.39. The molecule has 10 heteroatoms. The first-order chi connectivity index (χ1) is 14.7. The van der Waals surface area contributed by atoms with Crippen LogP contribution in [0.25, 0.3) is 0 Å². The highest BCUT2D eigenvalue weighted by atomic mass is 79.9. The van der Waals surface area contributed by atoms with E-state index < -0.39 is 21.2 Å². The monoisotopic (exact) mass is 482 g/mol. The lowest BCUT2D eigenvalue weighted by Crippen LogP contribution is -2.02. The maximum Gasteiger partial charge on any atom is 0.318 e. The number of hydrogen-bond acceptors (Lipinski definition) is 7. The van der Waals surface area contributed by atoms with E-state index in [4.69, 9.17) is 10.00 Å². The molecule has 0 aromatic heterocycles. The smallest absolute Gasteiger partial charge is 0.318 e. The molecule has 0 radical (unpaired) electrons. The summed E-state index contributed by atoms with van der Waals surface area (Å²) in [6.07, 6.45) is 0. The first kappa shape index (κ1) is 21.7. The van der Waals surface area contributed by atoms with Gasteiger partial charge in [0.1, 0.15) is 17.5 Å². The highest BCUT2D eigenvalue weighted by Crippen LogP contribution is 2.42. The second-order valence-electron chi connectivity index (χ2n) is 6.64. The zero-order valence-electron chi connectivity index (χ0n) is 16.4. The Bertz CT molecular complexity index is 1210. The van der Waals surface area contributed by atoms with Crippen molar-refractivity contribution in [3.63, 3.8) is 0 Å². The molecule has 0 saturated heterocycles. The predicted octanol–water partition coefficient (Wildman–Crippen LogP) is 6.29. The van der Waals surface area contributed by atoms with E-state index in [2.05, 4.69) is 21.2 Å². The van der Waals surface area contributed by atoms with E-state index in [0.717, 1.165) is 21.7 Å². The van der Waals surface area contributed by atoms with E-state index in [9.17, 15) is 20.2 Å². The van der Waals surface area contributed by atoms with Gasteiger partial charge in [-0.3, -0.25) is 20.2 Å². The van der Waals surface area contributed by atoms with E-state index in [1.54, 1.807) is 50.2 Å². The van der Waals surface area contributed by atoms with E-state index in [1.165, 1.54) is 6.07 Å². The molecule has 0 heterocycles. The first-order valence-corrected chi connectivity index (χ1v) is 9.67. The molecular formula is C21H15BrN4O5.